The number of unbranched alkanes of at least 4 members (excludes halogenated alkanes) is 1. The Morgan fingerprint density at radius 3 is 2.55 bits per heavy atom. The summed E-state index contributed by atoms with van der Waals surface area (Å²) < 4.78 is 13.0. The van der Waals surface area contributed by atoms with Crippen molar-refractivity contribution >= 4 is 23.7 Å². The molecule has 5 fully saturated rings. The Balaban J connectivity index is 0.875. The molecule has 0 bridgehead atoms. The van der Waals surface area contributed by atoms with Gasteiger partial charge in [-0.25, -0.2) is 4.79 Å². The highest BCUT2D eigenvalue weighted by Crippen LogP contribution is 2.67. The molecule has 6 rings (SSSR count). The Kier molecular flexibility index (Phi) is 14.1. The lowest BCUT2D eigenvalue weighted by Crippen LogP contribution is -2.51. The summed E-state index contributed by atoms with van der Waals surface area (Å²) in [5.41, 5.74) is 2.04. The quantitative estimate of drug-likeness (QED) is 0.0690. The third-order valence-corrected chi connectivity index (χ3v) is 17.6. The summed E-state index contributed by atoms with van der Waals surface area (Å²) in [5, 5.41) is 9.77. The topological polar surface area (TPSA) is 88.7 Å². The van der Waals surface area contributed by atoms with Crippen molar-refractivity contribution < 1.29 is 19.1 Å². The minimum Gasteiger partial charge on any atom is -0.378 e. The molecule has 2 aliphatic heterocycles. The highest BCUT2D eigenvalue weighted by Gasteiger charge is 2.59. The summed E-state index contributed by atoms with van der Waals surface area (Å²) in [7, 11) is 0. The molecule has 3 N–H and O–H groups in total. The van der Waals surface area contributed by atoms with Crippen LogP contribution in [-0.2, 0) is 14.3 Å². The Bertz CT molecular complexity index is 1350. The van der Waals surface area contributed by atoms with Crippen molar-refractivity contribution in [2.24, 2.45) is 46.3 Å². The van der Waals surface area contributed by atoms with Gasteiger partial charge in [-0.15, -0.1) is 0 Å². The van der Waals surface area contributed by atoms with Crippen LogP contribution in [0.1, 0.15) is 171 Å². The summed E-state index contributed by atoms with van der Waals surface area (Å²) >= 11 is 1.94. The van der Waals surface area contributed by atoms with Crippen LogP contribution < -0.4 is 16.0 Å². The lowest BCUT2D eigenvalue weighted by molar-refractivity contribution is -0.123. The lowest BCUT2D eigenvalue weighted by Gasteiger charge is -2.58. The fourth-order valence-electron chi connectivity index (χ4n) is 12.7. The summed E-state index contributed by atoms with van der Waals surface area (Å²) in [6.07, 6.45) is 23.0. The first kappa shape index (κ1) is 43.3. The summed E-state index contributed by atoms with van der Waals surface area (Å²) in [5.74, 6) is 6.37. The van der Waals surface area contributed by atoms with Crippen LogP contribution in [0.2, 0.25) is 0 Å². The molecule has 0 aromatic carbocycles. The maximum Gasteiger partial charge on any atom is 0.315 e. The van der Waals surface area contributed by atoms with Crippen molar-refractivity contribution in [2.45, 2.75) is 206 Å². The van der Waals surface area contributed by atoms with Gasteiger partial charge in [-0.1, -0.05) is 72.0 Å². The second-order valence-corrected chi connectivity index (χ2v) is 22.7. The number of hydrogen-bond acceptors (Lipinski definition) is 5. The van der Waals surface area contributed by atoms with Gasteiger partial charge in [0.1, 0.15) is 0 Å². The summed E-state index contributed by atoms with van der Waals surface area (Å²) in [6, 6.07) is 0.457. The molecule has 8 heteroatoms. The Labute approximate surface area is 340 Å². The first-order chi connectivity index (χ1) is 26.0. The molecule has 3 amide bonds. The summed E-state index contributed by atoms with van der Waals surface area (Å²) in [4.78, 5) is 24.4. The minimum absolute atomic E-state index is 0.0369. The van der Waals surface area contributed by atoms with Crippen LogP contribution in [0, 0.1) is 46.3 Å². The third kappa shape index (κ3) is 10.3. The molecule has 7 nitrogen and oxygen atoms in total. The van der Waals surface area contributed by atoms with Gasteiger partial charge in [0.25, 0.3) is 0 Å². The van der Waals surface area contributed by atoms with Gasteiger partial charge in [-0.3, -0.25) is 4.79 Å². The number of allylic oxidation sites excluding steroid dienone is 1. The van der Waals surface area contributed by atoms with Gasteiger partial charge >= 0.3 is 6.03 Å². The largest absolute Gasteiger partial charge is 0.378 e. The van der Waals surface area contributed by atoms with E-state index >= 15 is 0 Å². The lowest BCUT2D eigenvalue weighted by atomic mass is 9.47. The molecule has 0 spiro atoms. The van der Waals surface area contributed by atoms with Crippen LogP contribution in [0.15, 0.2) is 11.6 Å². The molecule has 55 heavy (non-hydrogen) atoms. The van der Waals surface area contributed by atoms with Crippen LogP contribution in [0.4, 0.5) is 4.79 Å². The highest BCUT2D eigenvalue weighted by atomic mass is 32.2. The van der Waals surface area contributed by atoms with Gasteiger partial charge < -0.3 is 25.4 Å². The number of carbonyl (C=O) groups excluding carboxylic acids is 2. The van der Waals surface area contributed by atoms with E-state index in [-0.39, 0.29) is 35.2 Å². The maximum absolute atomic E-state index is 12.8. The molecular formula is C47H81N3O4S. The van der Waals surface area contributed by atoms with E-state index in [9.17, 15) is 9.59 Å². The monoisotopic (exact) mass is 784 g/mol. The molecule has 2 heterocycles. The molecule has 4 aliphatic carbocycles. The van der Waals surface area contributed by atoms with Crippen molar-refractivity contribution in [1.29, 1.82) is 0 Å². The summed E-state index contributed by atoms with van der Waals surface area (Å²) in [6.45, 7) is 22.6. The van der Waals surface area contributed by atoms with Crippen molar-refractivity contribution in [1.82, 2.24) is 16.0 Å². The molecule has 11 atom stereocenters. The molecule has 0 unspecified atom stereocenters. The zero-order valence-electron chi connectivity index (χ0n) is 36.5. The zero-order valence-corrected chi connectivity index (χ0v) is 37.4. The fourth-order valence-corrected chi connectivity index (χ4v) is 14.2. The van der Waals surface area contributed by atoms with Crippen molar-refractivity contribution in [3.05, 3.63) is 11.6 Å². The second kappa shape index (κ2) is 17.9. The van der Waals surface area contributed by atoms with E-state index in [2.05, 4.69) is 84.3 Å². The van der Waals surface area contributed by atoms with Crippen molar-refractivity contribution in [3.8, 4) is 0 Å². The van der Waals surface area contributed by atoms with E-state index < -0.39 is 0 Å². The van der Waals surface area contributed by atoms with E-state index in [4.69, 9.17) is 9.47 Å². The van der Waals surface area contributed by atoms with E-state index in [1.54, 1.807) is 5.57 Å². The number of hydrogen-bond donors (Lipinski definition) is 3. The van der Waals surface area contributed by atoms with Crippen LogP contribution in [0.25, 0.3) is 0 Å². The Morgan fingerprint density at radius 2 is 1.76 bits per heavy atom. The Hall–Kier alpha value is -1.25. The molecule has 0 radical (unpaired) electrons. The number of thioether (sulfide) groups is 1. The molecule has 6 aliphatic rings. The van der Waals surface area contributed by atoms with E-state index in [1.165, 1.54) is 64.2 Å². The standard InChI is InChI=1S/C47H81N3O4S/c1-31(2)13-12-14-32(3)36-19-20-37-35-18-17-33-29-34(21-23-46(33,8)38(35)22-24-47(36,37)9)53-27-26-45(6,7)54-28-25-44(4,5)50-41(51)16-11-10-15-40-42-39(30-55-40)48-43(52)49-42/h17,31-32,34-40,42H,10-16,18-30H2,1-9H3,(H,50,51)(H2,48,49,52)/t32-,34-,35+,36-,37+,38+,39+,40+,42+,46+,47-/m1/s1. The smallest absolute Gasteiger partial charge is 0.315 e. The third-order valence-electron chi connectivity index (χ3n) is 16.1. The van der Waals surface area contributed by atoms with E-state index in [1.807, 2.05) is 11.8 Å². The van der Waals surface area contributed by atoms with Gasteiger partial charge in [-0.05, 0) is 151 Å². The average Bonchev–Trinajstić information content (AvgIpc) is 3.77. The van der Waals surface area contributed by atoms with Crippen LogP contribution >= 0.6 is 11.8 Å². The molecule has 314 valence electrons. The van der Waals surface area contributed by atoms with Crippen molar-refractivity contribution in [2.75, 3.05) is 19.0 Å². The van der Waals surface area contributed by atoms with Gasteiger partial charge in [0.15, 0.2) is 0 Å². The number of carbonyl (C=O) groups is 2. The fraction of sp³-hybridized carbons (Fsp3) is 0.915. The first-order valence-electron chi connectivity index (χ1n) is 22.9. The van der Waals surface area contributed by atoms with Gasteiger partial charge in [0.05, 0.1) is 23.8 Å². The molecule has 3 saturated carbocycles. The van der Waals surface area contributed by atoms with Crippen LogP contribution in [0.3, 0.4) is 0 Å². The first-order valence-corrected chi connectivity index (χ1v) is 24.0. The van der Waals surface area contributed by atoms with Gasteiger partial charge in [-0.2, -0.15) is 11.8 Å². The molecular weight excluding hydrogens is 703 g/mol. The molecule has 0 aromatic rings. The molecule has 2 saturated heterocycles. The highest BCUT2D eigenvalue weighted by molar-refractivity contribution is 8.00. The maximum atomic E-state index is 12.8. The number of amides is 3. The number of urea groups is 1. The van der Waals surface area contributed by atoms with Gasteiger partial charge in [0.2, 0.25) is 5.91 Å². The number of ether oxygens (including phenoxy) is 2. The SMILES string of the molecule is CC(C)CCC[C@@H](C)[C@H]1CC[C@H]2[C@@H]3CC=C4C[C@H](OCCC(C)(C)OCCC(C)(C)NC(=O)CCCC[C@@H]5SC[C@@H]6NC(=O)N[C@@H]65)CC[C@]4(C)[C@H]3CC[C@]12C. The van der Waals surface area contributed by atoms with Crippen molar-refractivity contribution in [3.63, 3.8) is 0 Å². The Morgan fingerprint density at radius 1 is 0.964 bits per heavy atom. The second-order valence-electron chi connectivity index (χ2n) is 21.4. The number of rotatable bonds is 19. The number of fused-ring (bicyclic) bond motifs is 6. The number of nitrogens with one attached hydrogen (secondary N) is 3. The van der Waals surface area contributed by atoms with Crippen LogP contribution in [0.5, 0.6) is 0 Å². The predicted molar refractivity (Wildman–Crippen MR) is 228 cm³/mol. The molecule has 0 aromatic heterocycles. The normalized spacial score (nSPS) is 36.3. The zero-order chi connectivity index (χ0) is 39.6. The average molecular weight is 784 g/mol. The minimum atomic E-state index is -0.318. The van der Waals surface area contributed by atoms with Crippen LogP contribution in [-0.4, -0.2) is 65.5 Å². The van der Waals surface area contributed by atoms with E-state index in [0.717, 1.165) is 86.4 Å². The van der Waals surface area contributed by atoms with E-state index in [0.29, 0.717) is 35.2 Å². The van der Waals surface area contributed by atoms with Gasteiger partial charge in [0, 0.05) is 36.2 Å². The predicted octanol–water partition coefficient (Wildman–Crippen LogP) is 10.6.